The third-order valence-electron chi connectivity index (χ3n) is 7.16. The number of amides is 1. The number of carbonyl (C=O) groups is 1. The van der Waals surface area contributed by atoms with Crippen molar-refractivity contribution in [3.05, 3.63) is 89.5 Å². The molecule has 1 aromatic heterocycles. The fraction of sp³-hybridized carbons (Fsp3) is 0.296. The third kappa shape index (κ3) is 4.62. The van der Waals surface area contributed by atoms with Crippen molar-refractivity contribution in [1.29, 1.82) is 0 Å². The summed E-state index contributed by atoms with van der Waals surface area (Å²) in [4.78, 5) is 23.5. The summed E-state index contributed by atoms with van der Waals surface area (Å²) >= 11 is 0. The Morgan fingerprint density at radius 3 is 2.55 bits per heavy atom. The van der Waals surface area contributed by atoms with Gasteiger partial charge in [0, 0.05) is 30.9 Å². The molecule has 0 unspecified atom stereocenters. The van der Waals surface area contributed by atoms with Crippen LogP contribution in [0.4, 0.5) is 10.1 Å². The van der Waals surface area contributed by atoms with Gasteiger partial charge in [-0.1, -0.05) is 30.3 Å². The molecule has 1 saturated heterocycles. The summed E-state index contributed by atoms with van der Waals surface area (Å²) in [5, 5.41) is 2.71. The Bertz CT molecular complexity index is 1380. The summed E-state index contributed by atoms with van der Waals surface area (Å²) in [5.41, 5.74) is 6.75. The van der Waals surface area contributed by atoms with E-state index >= 15 is 4.39 Å². The van der Waals surface area contributed by atoms with Gasteiger partial charge in [0.25, 0.3) is 5.91 Å². The Labute approximate surface area is 221 Å². The number of nitrogens with one attached hydrogen (secondary N) is 1. The number of nitrogens with zero attached hydrogens (tertiary/aromatic N) is 3. The van der Waals surface area contributed by atoms with Gasteiger partial charge in [0.1, 0.15) is 33.4 Å². The van der Waals surface area contributed by atoms with Crippen molar-refractivity contribution in [2.24, 2.45) is 10.7 Å². The van der Waals surface area contributed by atoms with Crippen molar-refractivity contribution in [1.82, 2.24) is 9.88 Å². The van der Waals surface area contributed by atoms with Crippen LogP contribution in [-0.4, -0.2) is 61.4 Å². The molecule has 0 aliphatic carbocycles. The highest BCUT2D eigenvalue weighted by molar-refractivity contribution is 8.26. The second kappa shape index (κ2) is 9.66. The first-order chi connectivity index (χ1) is 18.0. The largest absolute Gasteiger partial charge is 0.495 e. The number of pyridine rings is 1. The number of benzene rings is 2. The van der Waals surface area contributed by atoms with Gasteiger partial charge in [0.05, 0.1) is 19.1 Å². The quantitative estimate of drug-likeness (QED) is 0.371. The Hall–Kier alpha value is -3.51. The van der Waals surface area contributed by atoms with Crippen LogP contribution in [0.5, 0.6) is 5.75 Å². The van der Waals surface area contributed by atoms with Crippen LogP contribution in [0.2, 0.25) is 0 Å². The van der Waals surface area contributed by atoms with E-state index < -0.39 is 32.6 Å². The van der Waals surface area contributed by atoms with Gasteiger partial charge in [-0.25, -0.2) is 9.37 Å². The van der Waals surface area contributed by atoms with E-state index in [4.69, 9.17) is 10.5 Å². The predicted molar refractivity (Wildman–Crippen MR) is 146 cm³/mol. The van der Waals surface area contributed by atoms with Gasteiger partial charge in [0.2, 0.25) is 0 Å². The first-order valence-corrected chi connectivity index (χ1v) is 13.8. The van der Waals surface area contributed by atoms with Crippen LogP contribution in [0.3, 0.4) is 0 Å². The molecule has 3 aromatic rings. The minimum absolute atomic E-state index is 0.104. The van der Waals surface area contributed by atoms with Crippen LogP contribution in [-0.2, 0) is 12.1 Å². The van der Waals surface area contributed by atoms with Gasteiger partial charge in [-0.15, -0.1) is 0 Å². The lowest BCUT2D eigenvalue weighted by Gasteiger charge is -2.63. The lowest BCUT2D eigenvalue weighted by molar-refractivity contribution is 0.102. The number of aliphatic imine (C=N–C) groups is 1. The van der Waals surface area contributed by atoms with Crippen molar-refractivity contribution in [3.8, 4) is 5.75 Å². The third-order valence-corrected chi connectivity index (χ3v) is 9.84. The van der Waals surface area contributed by atoms with Crippen molar-refractivity contribution in [3.63, 3.8) is 0 Å². The van der Waals surface area contributed by atoms with E-state index in [1.807, 2.05) is 30.3 Å². The minimum Gasteiger partial charge on any atom is -0.495 e. The zero-order chi connectivity index (χ0) is 27.1. The topological polar surface area (TPSA) is 133 Å². The van der Waals surface area contributed by atoms with Crippen molar-refractivity contribution in [2.75, 3.05) is 31.3 Å². The number of ether oxygens (including phenoxy) is 1. The van der Waals surface area contributed by atoms with Gasteiger partial charge < -0.3 is 15.8 Å². The summed E-state index contributed by atoms with van der Waals surface area (Å²) in [6.07, 6.45) is 1.42. The maximum Gasteiger partial charge on any atom is 0.274 e. The standard InChI is InChI=1S/C27H30FN5O4S/c1-26(21-12-19(8-10-22(21)28)31-24(34)23-11-9-20(37-2)13-30-23)17-38(35,36)27(25(29)32-26)15-33(16-27)14-18-6-4-3-5-7-18/h3-13,35-36H,14-17H2,1-2H3,(H2,29,32)(H,31,34)/t26-/m0/s1. The number of halogens is 1. The van der Waals surface area contributed by atoms with E-state index in [0.717, 1.165) is 5.56 Å². The maximum atomic E-state index is 15.1. The number of anilines is 1. The van der Waals surface area contributed by atoms with Gasteiger partial charge >= 0.3 is 0 Å². The van der Waals surface area contributed by atoms with Gasteiger partial charge in [-0.2, -0.15) is 10.6 Å². The molecular weight excluding hydrogens is 509 g/mol. The fourth-order valence-electron chi connectivity index (χ4n) is 5.08. The number of hydrogen-bond acceptors (Lipinski definition) is 8. The van der Waals surface area contributed by atoms with E-state index in [1.165, 1.54) is 37.6 Å². The molecule has 38 heavy (non-hydrogen) atoms. The van der Waals surface area contributed by atoms with Gasteiger partial charge in [-0.3, -0.25) is 23.8 Å². The van der Waals surface area contributed by atoms with Gasteiger partial charge in [-0.05, 0) is 42.8 Å². The monoisotopic (exact) mass is 539 g/mol. The van der Waals surface area contributed by atoms with Crippen LogP contribution < -0.4 is 15.8 Å². The molecule has 9 nitrogen and oxygen atoms in total. The summed E-state index contributed by atoms with van der Waals surface area (Å²) < 4.78 is 41.8. The number of nitrogens with two attached hydrogens (primary N) is 1. The molecule has 5 rings (SSSR count). The molecule has 0 bridgehead atoms. The molecule has 2 aliphatic rings. The second-order valence-corrected chi connectivity index (χ2v) is 12.3. The molecule has 11 heteroatoms. The van der Waals surface area contributed by atoms with E-state index in [1.54, 1.807) is 13.0 Å². The Morgan fingerprint density at radius 1 is 1.18 bits per heavy atom. The lowest BCUT2D eigenvalue weighted by Crippen LogP contribution is -2.72. The van der Waals surface area contributed by atoms with E-state index in [0.29, 0.717) is 31.1 Å². The molecule has 1 atom stereocenters. The van der Waals surface area contributed by atoms with Crippen molar-refractivity contribution in [2.45, 2.75) is 23.8 Å². The Balaban J connectivity index is 1.37. The first kappa shape index (κ1) is 26.1. The number of amidine groups is 1. The van der Waals surface area contributed by atoms with Crippen LogP contribution in [0.15, 0.2) is 71.9 Å². The van der Waals surface area contributed by atoms with Crippen molar-refractivity contribution < 1.29 is 23.0 Å². The molecule has 1 fully saturated rings. The first-order valence-electron chi connectivity index (χ1n) is 12.0. The van der Waals surface area contributed by atoms with Crippen LogP contribution in [0.1, 0.15) is 28.5 Å². The average molecular weight is 540 g/mol. The molecule has 5 N–H and O–H groups in total. The summed E-state index contributed by atoms with van der Waals surface area (Å²) in [6, 6.07) is 17.1. The number of likely N-dealkylation sites (tertiary alicyclic amines) is 1. The number of methoxy groups -OCH3 is 1. The minimum atomic E-state index is -3.29. The molecule has 2 aromatic carbocycles. The summed E-state index contributed by atoms with van der Waals surface area (Å²) in [7, 11) is -1.79. The smallest absolute Gasteiger partial charge is 0.274 e. The molecule has 3 heterocycles. The second-order valence-electron chi connectivity index (χ2n) is 9.94. The predicted octanol–water partition coefficient (Wildman–Crippen LogP) is 4.07. The van der Waals surface area contributed by atoms with Gasteiger partial charge in [0.15, 0.2) is 0 Å². The van der Waals surface area contributed by atoms with Crippen molar-refractivity contribution >= 4 is 28.0 Å². The highest BCUT2D eigenvalue weighted by Crippen LogP contribution is 2.62. The fourth-order valence-corrected chi connectivity index (χ4v) is 7.52. The number of carbonyl (C=O) groups excluding carboxylic acids is 1. The van der Waals surface area contributed by atoms with Crippen LogP contribution in [0, 0.1) is 5.82 Å². The summed E-state index contributed by atoms with van der Waals surface area (Å²) in [5.74, 6) is -0.647. The number of aromatic nitrogens is 1. The molecule has 1 spiro atoms. The number of hydrogen-bond donors (Lipinski definition) is 4. The maximum absolute atomic E-state index is 15.1. The zero-order valence-electron chi connectivity index (χ0n) is 21.1. The molecule has 2 aliphatic heterocycles. The normalized spacial score (nSPS) is 22.7. The molecule has 0 saturated carbocycles. The molecule has 0 radical (unpaired) electrons. The SMILES string of the molecule is COc1ccc(C(=O)Nc2ccc(F)c([C@]3(C)CS(O)(O)C4(CN(Cc5ccccc5)C4)C(N)=N3)c2)nc1. The highest BCUT2D eigenvalue weighted by atomic mass is 32.3. The van der Waals surface area contributed by atoms with E-state index in [-0.39, 0.29) is 22.8 Å². The molecule has 1 amide bonds. The van der Waals surface area contributed by atoms with Crippen LogP contribution >= 0.6 is 10.6 Å². The highest BCUT2D eigenvalue weighted by Gasteiger charge is 2.60. The van der Waals surface area contributed by atoms with Crippen LogP contribution in [0.25, 0.3) is 0 Å². The summed E-state index contributed by atoms with van der Waals surface area (Å²) in [6.45, 7) is 2.98. The zero-order valence-corrected chi connectivity index (χ0v) is 21.9. The molecule has 200 valence electrons. The average Bonchev–Trinajstić information content (AvgIpc) is 2.86. The molecular formula is C27H30FN5O4S. The van der Waals surface area contributed by atoms with E-state index in [9.17, 15) is 13.9 Å². The van der Waals surface area contributed by atoms with E-state index in [2.05, 4.69) is 20.2 Å². The Kier molecular flexibility index (Phi) is 6.64. The Morgan fingerprint density at radius 2 is 1.92 bits per heavy atom. The lowest BCUT2D eigenvalue weighted by atomic mass is 9.90. The number of rotatable bonds is 6.